The van der Waals surface area contributed by atoms with Gasteiger partial charge in [0.2, 0.25) is 5.91 Å². The number of aromatic nitrogens is 1. The number of hydrogen-bond donors (Lipinski definition) is 1. The number of anilines is 1. The zero-order valence-corrected chi connectivity index (χ0v) is 19.1. The largest absolute Gasteiger partial charge is 0.324 e. The molecule has 3 heterocycles. The van der Waals surface area contributed by atoms with Gasteiger partial charge in [0.25, 0.3) is 10.2 Å². The highest BCUT2D eigenvalue weighted by Gasteiger charge is 2.43. The molecule has 1 unspecified atom stereocenters. The molecule has 2 aromatic carbocycles. The van der Waals surface area contributed by atoms with E-state index < -0.39 is 16.1 Å². The van der Waals surface area contributed by atoms with E-state index in [9.17, 15) is 13.2 Å². The average Bonchev–Trinajstić information content (AvgIpc) is 2.77. The number of amides is 1. The molecule has 8 nitrogen and oxygen atoms in total. The van der Waals surface area contributed by atoms with Gasteiger partial charge >= 0.3 is 0 Å². The SMILES string of the molecule is N#CC1CN(S(=O)(=O)N2Cc3ccc(Cl)cc3C(C(=O)Nc3cncc4ccccc34)C2)C1. The molecule has 33 heavy (non-hydrogen) atoms. The van der Waals surface area contributed by atoms with Crippen molar-refractivity contribution >= 4 is 44.2 Å². The van der Waals surface area contributed by atoms with Crippen LogP contribution in [0.4, 0.5) is 5.69 Å². The highest BCUT2D eigenvalue weighted by Crippen LogP contribution is 2.35. The van der Waals surface area contributed by atoms with Gasteiger partial charge in [-0.15, -0.1) is 0 Å². The van der Waals surface area contributed by atoms with Crippen LogP contribution in [0.1, 0.15) is 17.0 Å². The number of hydrogen-bond acceptors (Lipinski definition) is 5. The summed E-state index contributed by atoms with van der Waals surface area (Å²) in [5, 5.41) is 14.2. The lowest BCUT2D eigenvalue weighted by atomic mass is 9.90. The molecule has 0 bridgehead atoms. The third kappa shape index (κ3) is 3.96. The molecule has 0 radical (unpaired) electrons. The Morgan fingerprint density at radius 1 is 1.12 bits per heavy atom. The van der Waals surface area contributed by atoms with Gasteiger partial charge in [0.1, 0.15) is 0 Å². The second-order valence-corrected chi connectivity index (χ2v) is 10.6. The molecule has 1 atom stereocenters. The van der Waals surface area contributed by atoms with Gasteiger partial charge in [-0.1, -0.05) is 41.9 Å². The topological polar surface area (TPSA) is 106 Å². The van der Waals surface area contributed by atoms with Crippen molar-refractivity contribution in [3.05, 3.63) is 71.0 Å². The van der Waals surface area contributed by atoms with E-state index in [-0.39, 0.29) is 38.0 Å². The Kier molecular flexibility index (Phi) is 5.54. The van der Waals surface area contributed by atoms with E-state index in [0.29, 0.717) is 16.3 Å². The molecule has 2 aliphatic rings. The van der Waals surface area contributed by atoms with Crippen molar-refractivity contribution < 1.29 is 13.2 Å². The predicted octanol–water partition coefficient (Wildman–Crippen LogP) is 3.13. The molecule has 1 aromatic heterocycles. The van der Waals surface area contributed by atoms with Crippen molar-refractivity contribution in [2.24, 2.45) is 5.92 Å². The molecule has 0 saturated carbocycles. The number of halogens is 1. The number of nitrogens with zero attached hydrogens (tertiary/aromatic N) is 4. The lowest BCUT2D eigenvalue weighted by molar-refractivity contribution is -0.118. The first-order chi connectivity index (χ1) is 15.9. The fraction of sp³-hybridized carbons (Fsp3) is 0.261. The maximum absolute atomic E-state index is 13.4. The quantitative estimate of drug-likeness (QED) is 0.616. The van der Waals surface area contributed by atoms with Gasteiger partial charge in [0.15, 0.2) is 0 Å². The number of carbonyl (C=O) groups is 1. The van der Waals surface area contributed by atoms with Crippen LogP contribution in [0.3, 0.4) is 0 Å². The van der Waals surface area contributed by atoms with Crippen LogP contribution in [0.2, 0.25) is 5.02 Å². The van der Waals surface area contributed by atoms with Crippen LogP contribution < -0.4 is 5.32 Å². The molecule has 1 amide bonds. The summed E-state index contributed by atoms with van der Waals surface area (Å²) >= 11 is 6.21. The molecule has 3 aromatic rings. The Morgan fingerprint density at radius 2 is 1.91 bits per heavy atom. The first-order valence-electron chi connectivity index (χ1n) is 10.4. The first-order valence-corrected chi connectivity index (χ1v) is 12.2. The molecule has 168 valence electrons. The van der Waals surface area contributed by atoms with Crippen LogP contribution in [-0.4, -0.2) is 47.6 Å². The lowest BCUT2D eigenvalue weighted by Gasteiger charge is -2.40. The van der Waals surface area contributed by atoms with Crippen LogP contribution in [0.5, 0.6) is 0 Å². The second kappa shape index (κ2) is 8.39. The minimum absolute atomic E-state index is 0.0204. The summed E-state index contributed by atoms with van der Waals surface area (Å²) in [7, 11) is -3.80. The number of carbonyl (C=O) groups excluding carboxylic acids is 1. The zero-order valence-electron chi connectivity index (χ0n) is 17.5. The highest BCUT2D eigenvalue weighted by molar-refractivity contribution is 7.86. The summed E-state index contributed by atoms with van der Waals surface area (Å²) in [5.41, 5.74) is 1.99. The Bertz CT molecular complexity index is 1390. The van der Waals surface area contributed by atoms with Crippen LogP contribution >= 0.6 is 11.6 Å². The minimum atomic E-state index is -3.80. The predicted molar refractivity (Wildman–Crippen MR) is 125 cm³/mol. The van der Waals surface area contributed by atoms with E-state index >= 15 is 0 Å². The number of benzene rings is 2. The Morgan fingerprint density at radius 3 is 2.70 bits per heavy atom. The summed E-state index contributed by atoms with van der Waals surface area (Å²) in [6.07, 6.45) is 3.30. The molecule has 1 fully saturated rings. The van der Waals surface area contributed by atoms with Gasteiger partial charge in [-0.3, -0.25) is 9.78 Å². The summed E-state index contributed by atoms with van der Waals surface area (Å²) in [5.74, 6) is -1.39. The number of pyridine rings is 1. The summed E-state index contributed by atoms with van der Waals surface area (Å²) in [6.45, 7) is 0.457. The lowest BCUT2D eigenvalue weighted by Crippen LogP contribution is -2.56. The molecule has 5 rings (SSSR count). The van der Waals surface area contributed by atoms with Gasteiger partial charge < -0.3 is 5.32 Å². The van der Waals surface area contributed by atoms with E-state index in [1.54, 1.807) is 30.6 Å². The van der Waals surface area contributed by atoms with Gasteiger partial charge in [-0.05, 0) is 23.3 Å². The monoisotopic (exact) mass is 481 g/mol. The van der Waals surface area contributed by atoms with Crippen molar-refractivity contribution in [3.8, 4) is 6.07 Å². The van der Waals surface area contributed by atoms with Crippen LogP contribution in [0.25, 0.3) is 10.8 Å². The molecule has 0 spiro atoms. The van der Waals surface area contributed by atoms with E-state index in [1.165, 1.54) is 8.61 Å². The van der Waals surface area contributed by atoms with E-state index in [1.807, 2.05) is 24.3 Å². The number of fused-ring (bicyclic) bond motifs is 2. The molecule has 1 saturated heterocycles. The van der Waals surface area contributed by atoms with Crippen molar-refractivity contribution in [1.82, 2.24) is 13.6 Å². The minimum Gasteiger partial charge on any atom is -0.324 e. The molecular formula is C23H20ClN5O3S. The Balaban J connectivity index is 1.47. The standard InChI is InChI=1S/C23H20ClN5O3S/c24-18-6-5-17-13-29(33(31,32)28-11-15(8-25)12-28)14-21(20(17)7-18)23(30)27-22-10-26-9-16-3-1-2-4-19(16)22/h1-7,9-10,15,21H,11-14H2,(H,27,30). The van der Waals surface area contributed by atoms with Crippen molar-refractivity contribution in [2.45, 2.75) is 12.5 Å². The smallest absolute Gasteiger partial charge is 0.282 e. The molecule has 2 aliphatic heterocycles. The Labute approximate surface area is 196 Å². The molecule has 0 aliphatic carbocycles. The van der Waals surface area contributed by atoms with Gasteiger partial charge in [-0.2, -0.15) is 22.3 Å². The summed E-state index contributed by atoms with van der Waals surface area (Å²) < 4.78 is 29.0. The van der Waals surface area contributed by atoms with Crippen LogP contribution in [-0.2, 0) is 21.5 Å². The molecule has 10 heteroatoms. The summed E-state index contributed by atoms with van der Waals surface area (Å²) in [4.78, 5) is 17.7. The third-order valence-electron chi connectivity index (χ3n) is 6.14. The molecular weight excluding hydrogens is 462 g/mol. The van der Waals surface area contributed by atoms with Gasteiger partial charge in [-0.25, -0.2) is 0 Å². The second-order valence-electron chi connectivity index (χ2n) is 8.24. The van der Waals surface area contributed by atoms with Crippen molar-refractivity contribution in [2.75, 3.05) is 25.0 Å². The number of nitrogens with one attached hydrogen (secondary N) is 1. The maximum atomic E-state index is 13.4. The van der Waals surface area contributed by atoms with Gasteiger partial charge in [0, 0.05) is 48.2 Å². The number of rotatable bonds is 4. The van der Waals surface area contributed by atoms with E-state index in [2.05, 4.69) is 16.4 Å². The third-order valence-corrected chi connectivity index (χ3v) is 8.26. The normalized spacial score (nSPS) is 19.5. The maximum Gasteiger partial charge on any atom is 0.282 e. The van der Waals surface area contributed by atoms with E-state index in [4.69, 9.17) is 16.9 Å². The van der Waals surface area contributed by atoms with Gasteiger partial charge in [0.05, 0.1) is 29.8 Å². The Hall–Kier alpha value is -3.03. The number of nitriles is 1. The van der Waals surface area contributed by atoms with Crippen molar-refractivity contribution in [3.63, 3.8) is 0 Å². The first kappa shape index (κ1) is 21.8. The van der Waals surface area contributed by atoms with E-state index in [0.717, 1.165) is 16.3 Å². The fourth-order valence-electron chi connectivity index (χ4n) is 4.30. The van der Waals surface area contributed by atoms with Crippen LogP contribution in [0.15, 0.2) is 54.9 Å². The van der Waals surface area contributed by atoms with Crippen LogP contribution in [0, 0.1) is 17.2 Å². The highest BCUT2D eigenvalue weighted by atomic mass is 35.5. The molecule has 1 N–H and O–H groups in total. The summed E-state index contributed by atoms with van der Waals surface area (Å²) in [6, 6.07) is 14.8. The average molecular weight is 482 g/mol. The fourth-order valence-corrected chi connectivity index (χ4v) is 6.18. The zero-order chi connectivity index (χ0) is 23.2. The van der Waals surface area contributed by atoms with Crippen molar-refractivity contribution in [1.29, 1.82) is 5.26 Å².